The van der Waals surface area contributed by atoms with Crippen molar-refractivity contribution in [1.29, 1.82) is 0 Å². The number of carboxylic acids is 2. The first kappa shape index (κ1) is 77.2. The van der Waals surface area contributed by atoms with Gasteiger partial charge in [0.25, 0.3) is 0 Å². The van der Waals surface area contributed by atoms with Crippen LogP contribution in [0.15, 0.2) is 244 Å². The average molecular weight is 1460 g/mol. The van der Waals surface area contributed by atoms with Gasteiger partial charge in [0.15, 0.2) is 0 Å². The fourth-order valence-corrected chi connectivity index (χ4v) is 6.75. The molecule has 0 radical (unpaired) electrons. The Morgan fingerprint density at radius 2 is 0.436 bits per heavy atom. The Kier molecular flexibility index (Phi) is 35.8. The van der Waals surface area contributed by atoms with Gasteiger partial charge in [0.05, 0.1) is 92.2 Å². The van der Waals surface area contributed by atoms with Crippen LogP contribution in [-0.2, 0) is 68.3 Å². The number of carbonyl (C=O) groups excluding carboxylic acids is 2. The van der Waals surface area contributed by atoms with Gasteiger partial charge >= 0.3 is 68.3 Å². The molecule has 488 valence electrons. The molecule has 34 heteroatoms. The smallest absolute Gasteiger partial charge is 0.543 e. The van der Waals surface area contributed by atoms with Crippen LogP contribution >= 0.6 is 0 Å². The third-order valence-electron chi connectivity index (χ3n) is 10.7. The predicted molar refractivity (Wildman–Crippen MR) is 317 cm³/mol. The zero-order valence-electron chi connectivity index (χ0n) is 47.7. The van der Waals surface area contributed by atoms with Crippen LogP contribution in [0.25, 0.3) is 92.1 Å². The average Bonchev–Trinajstić information content (AvgIpc) is 1.77. The van der Waals surface area contributed by atoms with Crippen LogP contribution in [0.2, 0.25) is 0 Å². The molecule has 0 fully saturated rings. The van der Waals surface area contributed by atoms with Crippen LogP contribution in [-0.4, -0.2) is 123 Å². The minimum atomic E-state index is -1.24. The minimum Gasteiger partial charge on any atom is -0.543 e. The summed E-state index contributed by atoms with van der Waals surface area (Å²) in [5.41, 5.74) is 5.62. The summed E-state index contributed by atoms with van der Waals surface area (Å²) >= 11 is 0. The number of carbonyl (C=O) groups is 2. The molecular weight excluding hydrogens is 1410 g/mol. The molecule has 14 aromatic heterocycles. The van der Waals surface area contributed by atoms with Gasteiger partial charge in [-0.15, -0.1) is 10.5 Å². The Labute approximate surface area is 575 Å². The second-order valence-corrected chi connectivity index (χ2v) is 16.6. The van der Waals surface area contributed by atoms with Gasteiger partial charge in [0.2, 0.25) is 0 Å². The molecule has 0 aliphatic heterocycles. The van der Waals surface area contributed by atoms with Gasteiger partial charge in [-0.05, 0) is 145 Å². The second-order valence-electron chi connectivity index (χ2n) is 16.6. The summed E-state index contributed by atoms with van der Waals surface area (Å²) in [4.78, 5) is 77.7. The van der Waals surface area contributed by atoms with Crippen molar-refractivity contribution >= 4 is 11.9 Å². The van der Waals surface area contributed by atoms with Crippen molar-refractivity contribution < 1.29 is 109 Å². The fourth-order valence-electron chi connectivity index (χ4n) is 6.75. The maximum absolute atomic E-state index is 10.0. The quantitative estimate of drug-likeness (QED) is 0.0856. The first-order chi connectivity index (χ1) is 44.3. The molecule has 0 aliphatic carbocycles. The topological polar surface area (TPSA) is 455 Å². The first-order valence-electron chi connectivity index (χ1n) is 25.8. The summed E-state index contributed by atoms with van der Waals surface area (Å²) < 4.78 is 0. The van der Waals surface area contributed by atoms with Gasteiger partial charge in [0, 0.05) is 62.0 Å². The number of nitrogens with zero attached hydrogens (tertiary/aromatic N) is 22. The van der Waals surface area contributed by atoms with Crippen LogP contribution in [0.3, 0.4) is 0 Å². The number of aromatic carboxylic acids is 2. The maximum Gasteiger partial charge on any atom is 1.00 e. The molecule has 0 spiro atoms. The number of aromatic nitrogens is 22. The van der Waals surface area contributed by atoms with E-state index in [1.807, 2.05) is 146 Å². The predicted octanol–water partition coefficient (Wildman–Crippen LogP) is 3.48. The molecule has 14 aromatic rings. The first-order valence-corrected chi connectivity index (χ1v) is 25.8. The number of carboxylic acid groups (broad SMARTS) is 2. The van der Waals surface area contributed by atoms with E-state index in [9.17, 15) is 19.8 Å². The Morgan fingerprint density at radius 1 is 0.266 bits per heavy atom. The minimum absolute atomic E-state index is 0. The Bertz CT molecular complexity index is 3540. The van der Waals surface area contributed by atoms with Gasteiger partial charge < -0.3 is 60.1 Å². The largest absolute Gasteiger partial charge is 1.00 e. The standard InChI is InChI=1S/4C12H8N5.2C6H5NO2.4Cu.2H2O2/c4*1-3-7-13-9(5-1)11-15-12(17-16-11)10-6-2-4-8-14-10;2*8-6(9)5-3-1-2-4-7-5;;;;;2*1-2/h4*1-8H;2*1-4H,(H,8,9);;;;;2*1-2H/q4*-1;;;4*+1;;. The summed E-state index contributed by atoms with van der Waals surface area (Å²) in [5, 5.41) is 74.0. The van der Waals surface area contributed by atoms with Crippen molar-refractivity contribution in [2.24, 2.45) is 0 Å². The van der Waals surface area contributed by atoms with Crippen molar-refractivity contribution in [1.82, 2.24) is 111 Å². The number of hydrogen-bond donors (Lipinski definition) is 2. The van der Waals surface area contributed by atoms with Crippen molar-refractivity contribution in [3.63, 3.8) is 0 Å². The molecule has 0 aromatic carbocycles. The third-order valence-corrected chi connectivity index (χ3v) is 10.7. The van der Waals surface area contributed by atoms with Gasteiger partial charge in [-0.2, -0.15) is 0 Å². The molecule has 30 nitrogen and oxygen atoms in total. The van der Waals surface area contributed by atoms with Crippen LogP contribution in [0.5, 0.6) is 0 Å². The van der Waals surface area contributed by atoms with E-state index in [4.69, 9.17) is 21.0 Å². The molecule has 94 heavy (non-hydrogen) atoms. The Morgan fingerprint density at radius 3 is 0.574 bits per heavy atom. The zero-order valence-corrected chi connectivity index (χ0v) is 51.4. The van der Waals surface area contributed by atoms with Gasteiger partial charge in [-0.1, -0.05) is 60.7 Å². The van der Waals surface area contributed by atoms with Crippen molar-refractivity contribution in [2.75, 3.05) is 0 Å². The molecular formula is C60H46Cu4N22O8. The molecule has 0 unspecified atom stereocenters. The molecule has 0 amide bonds. The van der Waals surface area contributed by atoms with E-state index in [0.29, 0.717) is 92.1 Å². The number of rotatable bonds is 10. The van der Waals surface area contributed by atoms with E-state index in [1.54, 1.807) is 73.8 Å². The summed E-state index contributed by atoms with van der Waals surface area (Å²) in [6.07, 6.45) is 16.4. The van der Waals surface area contributed by atoms with E-state index < -0.39 is 11.9 Å². The van der Waals surface area contributed by atoms with Crippen LogP contribution in [0.1, 0.15) is 21.0 Å². The van der Waals surface area contributed by atoms with Gasteiger partial charge in [-0.3, -0.25) is 80.7 Å². The molecule has 0 atom stereocenters. The normalized spacial score (nSPS) is 9.32. The van der Waals surface area contributed by atoms with Crippen molar-refractivity contribution in [3.05, 3.63) is 255 Å². The summed E-state index contributed by atoms with van der Waals surface area (Å²) in [6, 6.07) is 53.9. The fraction of sp³-hybridized carbons (Fsp3) is 0. The Hall–Kier alpha value is -11.1. The number of pyridine rings is 10. The van der Waals surface area contributed by atoms with E-state index in [-0.39, 0.29) is 79.7 Å². The molecule has 14 rings (SSSR count). The summed E-state index contributed by atoms with van der Waals surface area (Å²) in [6.45, 7) is 0. The molecule has 0 aliphatic rings. The van der Waals surface area contributed by atoms with E-state index in [1.165, 1.54) is 24.5 Å². The molecule has 14 heterocycles. The Balaban J connectivity index is 0.000000293. The van der Waals surface area contributed by atoms with E-state index in [2.05, 4.69) is 111 Å². The SMILES string of the molecule is O=C([O-])c1ccccn1.O=C([O-])c1ccccn1.O[OH2+].O[OH2+].[Cu+].[Cu+].[Cu+].[Cu+].c1ccc(-c2n[n-]c(-c3ccccn3)n2)nc1.c1ccc(-c2n[n-]c(-c3ccccn3)n2)nc1.c1ccc(-c2n[n-]c(-c3ccccn3)n2)nc1.c1ccc(-c2n[n-]c(-c3ccccn3)n2)nc1. The number of hydrogen-bond acceptors (Lipinski definition) is 24. The summed E-state index contributed by atoms with van der Waals surface area (Å²) in [7, 11) is 0. The van der Waals surface area contributed by atoms with Gasteiger partial charge in [0.1, 0.15) is 0 Å². The molecule has 6 N–H and O–H groups in total. The third kappa shape index (κ3) is 24.6. The van der Waals surface area contributed by atoms with Crippen molar-refractivity contribution in [3.8, 4) is 92.1 Å². The van der Waals surface area contributed by atoms with Crippen molar-refractivity contribution in [2.45, 2.75) is 0 Å². The van der Waals surface area contributed by atoms with Crippen LogP contribution in [0, 0.1) is 0 Å². The molecule has 0 bridgehead atoms. The maximum atomic E-state index is 10.0. The van der Waals surface area contributed by atoms with E-state index in [0.717, 1.165) is 0 Å². The van der Waals surface area contributed by atoms with Crippen LogP contribution < -0.4 is 30.6 Å². The zero-order chi connectivity index (χ0) is 63.4. The molecule has 0 saturated heterocycles. The monoisotopic (exact) mass is 1450 g/mol. The molecule has 0 saturated carbocycles. The van der Waals surface area contributed by atoms with Crippen LogP contribution in [0.4, 0.5) is 0 Å². The van der Waals surface area contributed by atoms with Gasteiger partial charge in [-0.25, -0.2) is 0 Å². The second kappa shape index (κ2) is 43.6. The summed E-state index contributed by atoms with van der Waals surface area (Å²) in [5.74, 6) is 1.68. The van der Waals surface area contributed by atoms with E-state index >= 15 is 0 Å².